The lowest BCUT2D eigenvalue weighted by molar-refractivity contribution is 0.0512. The predicted octanol–water partition coefficient (Wildman–Crippen LogP) is 3.35. The molecule has 1 aliphatic heterocycles. The van der Waals surface area contributed by atoms with E-state index in [0.29, 0.717) is 29.0 Å². The van der Waals surface area contributed by atoms with E-state index in [2.05, 4.69) is 10.6 Å². The van der Waals surface area contributed by atoms with E-state index in [1.54, 1.807) is 20.3 Å². The Kier molecular flexibility index (Phi) is 8.00. The van der Waals surface area contributed by atoms with Gasteiger partial charge in [-0.05, 0) is 38.1 Å². The second kappa shape index (κ2) is 9.80. The quantitative estimate of drug-likeness (QED) is 0.726. The SMILES string of the molecule is COCc1c(C(=O)NCC2(COC)CCNCC2)sc2cccc(F)c12.Cl. The molecule has 1 saturated heterocycles. The number of rotatable bonds is 7. The molecule has 0 saturated carbocycles. The maximum atomic E-state index is 14.3. The van der Waals surface area contributed by atoms with Crippen LogP contribution in [0.4, 0.5) is 4.39 Å². The molecule has 0 aliphatic carbocycles. The van der Waals surface area contributed by atoms with Gasteiger partial charge in [0.2, 0.25) is 0 Å². The molecule has 1 fully saturated rings. The Bertz CT molecular complexity index is 772. The molecule has 0 spiro atoms. The highest BCUT2D eigenvalue weighted by Crippen LogP contribution is 2.34. The van der Waals surface area contributed by atoms with Crippen molar-refractivity contribution in [3.8, 4) is 0 Å². The van der Waals surface area contributed by atoms with E-state index in [0.717, 1.165) is 30.6 Å². The standard InChI is InChI=1S/C19H25FN2O3S.ClH/c1-24-10-13-16-14(20)4-3-5-15(16)26-17(13)18(23)22-11-19(12-25-2)6-8-21-9-7-19;/h3-5,21H,6-12H2,1-2H3,(H,22,23);1H. The molecule has 8 heteroatoms. The molecule has 0 radical (unpaired) electrons. The van der Waals surface area contributed by atoms with Crippen molar-refractivity contribution in [2.75, 3.05) is 40.5 Å². The molecular weight excluding hydrogens is 391 g/mol. The largest absolute Gasteiger partial charge is 0.384 e. The minimum Gasteiger partial charge on any atom is -0.384 e. The number of nitrogens with one attached hydrogen (secondary N) is 2. The maximum Gasteiger partial charge on any atom is 0.261 e. The molecular formula is C19H26ClFN2O3S. The lowest BCUT2D eigenvalue weighted by atomic mass is 9.79. The monoisotopic (exact) mass is 416 g/mol. The first-order valence-electron chi connectivity index (χ1n) is 8.77. The summed E-state index contributed by atoms with van der Waals surface area (Å²) in [4.78, 5) is 13.4. The molecule has 5 nitrogen and oxygen atoms in total. The highest BCUT2D eigenvalue weighted by atomic mass is 35.5. The van der Waals surface area contributed by atoms with E-state index >= 15 is 0 Å². The Labute approximate surface area is 169 Å². The van der Waals surface area contributed by atoms with Crippen molar-refractivity contribution in [3.63, 3.8) is 0 Å². The molecule has 150 valence electrons. The van der Waals surface area contributed by atoms with Crippen LogP contribution in [0.5, 0.6) is 0 Å². The van der Waals surface area contributed by atoms with Crippen molar-refractivity contribution < 1.29 is 18.7 Å². The van der Waals surface area contributed by atoms with Gasteiger partial charge < -0.3 is 20.1 Å². The van der Waals surface area contributed by atoms with Crippen LogP contribution in [0.1, 0.15) is 28.1 Å². The first kappa shape index (κ1) is 22.0. The number of ether oxygens (including phenoxy) is 2. The summed E-state index contributed by atoms with van der Waals surface area (Å²) in [5.74, 6) is -0.495. The van der Waals surface area contributed by atoms with Crippen LogP contribution in [0, 0.1) is 11.2 Å². The van der Waals surface area contributed by atoms with Gasteiger partial charge in [0.1, 0.15) is 5.82 Å². The summed E-state index contributed by atoms with van der Waals surface area (Å²) in [5, 5.41) is 6.89. The lowest BCUT2D eigenvalue weighted by Gasteiger charge is -2.37. The van der Waals surface area contributed by atoms with Crippen molar-refractivity contribution in [2.24, 2.45) is 5.41 Å². The molecule has 0 unspecified atom stereocenters. The van der Waals surface area contributed by atoms with E-state index in [9.17, 15) is 9.18 Å². The van der Waals surface area contributed by atoms with Gasteiger partial charge in [0.05, 0.1) is 18.1 Å². The van der Waals surface area contributed by atoms with Crippen molar-refractivity contribution in [3.05, 3.63) is 34.5 Å². The number of benzene rings is 1. The van der Waals surface area contributed by atoms with Crippen molar-refractivity contribution in [1.82, 2.24) is 10.6 Å². The topological polar surface area (TPSA) is 59.6 Å². The molecule has 2 N–H and O–H groups in total. The van der Waals surface area contributed by atoms with E-state index in [1.807, 2.05) is 6.07 Å². The highest BCUT2D eigenvalue weighted by Gasteiger charge is 2.33. The fourth-order valence-corrected chi connectivity index (χ4v) is 4.75. The number of carbonyl (C=O) groups excluding carboxylic acids is 1. The van der Waals surface area contributed by atoms with Crippen LogP contribution in [-0.4, -0.2) is 46.4 Å². The van der Waals surface area contributed by atoms with Gasteiger partial charge >= 0.3 is 0 Å². The van der Waals surface area contributed by atoms with Gasteiger partial charge in [-0.25, -0.2) is 4.39 Å². The molecule has 1 aromatic heterocycles. The summed E-state index contributed by atoms with van der Waals surface area (Å²) >= 11 is 1.31. The number of hydrogen-bond donors (Lipinski definition) is 2. The molecule has 2 heterocycles. The van der Waals surface area contributed by atoms with Gasteiger partial charge in [0.15, 0.2) is 0 Å². The summed E-state index contributed by atoms with van der Waals surface area (Å²) in [7, 11) is 3.24. The number of amides is 1. The number of carbonyl (C=O) groups is 1. The van der Waals surface area contributed by atoms with Gasteiger partial charge in [0.25, 0.3) is 5.91 Å². The first-order chi connectivity index (χ1) is 12.6. The van der Waals surface area contributed by atoms with Gasteiger partial charge in [0, 0.05) is 41.8 Å². The van der Waals surface area contributed by atoms with Crippen LogP contribution in [0.15, 0.2) is 18.2 Å². The molecule has 27 heavy (non-hydrogen) atoms. The maximum absolute atomic E-state index is 14.3. The average molecular weight is 417 g/mol. The van der Waals surface area contributed by atoms with Gasteiger partial charge in [-0.2, -0.15) is 0 Å². The Balaban J connectivity index is 0.00000261. The third-order valence-electron chi connectivity index (χ3n) is 5.00. The molecule has 0 bridgehead atoms. The van der Waals surface area contributed by atoms with E-state index in [-0.39, 0.29) is 36.2 Å². The average Bonchev–Trinajstić information content (AvgIpc) is 3.01. The molecule has 1 aromatic carbocycles. The summed E-state index contributed by atoms with van der Waals surface area (Å²) < 4.78 is 25.7. The van der Waals surface area contributed by atoms with Crippen LogP contribution in [0.2, 0.25) is 0 Å². The van der Waals surface area contributed by atoms with Crippen molar-refractivity contribution >= 4 is 39.7 Å². The number of methoxy groups -OCH3 is 2. The van der Waals surface area contributed by atoms with E-state index in [1.165, 1.54) is 17.4 Å². The molecule has 0 atom stereocenters. The summed E-state index contributed by atoms with van der Waals surface area (Å²) in [6.07, 6.45) is 1.90. The van der Waals surface area contributed by atoms with Crippen LogP contribution in [0.25, 0.3) is 10.1 Å². The zero-order valence-corrected chi connectivity index (χ0v) is 17.2. The van der Waals surface area contributed by atoms with Crippen molar-refractivity contribution in [1.29, 1.82) is 0 Å². The number of halogens is 2. The zero-order chi connectivity index (χ0) is 18.6. The minimum absolute atomic E-state index is 0. The van der Waals surface area contributed by atoms with Gasteiger partial charge in [-0.15, -0.1) is 23.7 Å². The molecule has 3 rings (SSSR count). The lowest BCUT2D eigenvalue weighted by Crippen LogP contribution is -2.47. The summed E-state index contributed by atoms with van der Waals surface area (Å²) in [6.45, 7) is 3.20. The van der Waals surface area contributed by atoms with E-state index < -0.39 is 0 Å². The Hall–Kier alpha value is -1.25. The predicted molar refractivity (Wildman–Crippen MR) is 108 cm³/mol. The smallest absolute Gasteiger partial charge is 0.261 e. The number of piperidine rings is 1. The van der Waals surface area contributed by atoms with Crippen molar-refractivity contribution in [2.45, 2.75) is 19.4 Å². The normalized spacial score (nSPS) is 16.1. The van der Waals surface area contributed by atoms with Gasteiger partial charge in [-0.3, -0.25) is 4.79 Å². The number of fused-ring (bicyclic) bond motifs is 1. The fraction of sp³-hybridized carbons (Fsp3) is 0.526. The zero-order valence-electron chi connectivity index (χ0n) is 15.6. The van der Waals surface area contributed by atoms with Crippen LogP contribution < -0.4 is 10.6 Å². The number of hydrogen-bond acceptors (Lipinski definition) is 5. The van der Waals surface area contributed by atoms with Crippen LogP contribution >= 0.6 is 23.7 Å². The Morgan fingerprint density at radius 2 is 2.04 bits per heavy atom. The van der Waals surface area contributed by atoms with Crippen LogP contribution in [-0.2, 0) is 16.1 Å². The number of thiophene rings is 1. The molecule has 1 aliphatic rings. The second-order valence-electron chi connectivity index (χ2n) is 6.82. The molecule has 1 amide bonds. The third kappa shape index (κ3) is 4.78. The Morgan fingerprint density at radius 3 is 2.70 bits per heavy atom. The summed E-state index contributed by atoms with van der Waals surface area (Å²) in [6, 6.07) is 4.91. The highest BCUT2D eigenvalue weighted by molar-refractivity contribution is 7.21. The molecule has 2 aromatic rings. The Morgan fingerprint density at radius 1 is 1.30 bits per heavy atom. The first-order valence-corrected chi connectivity index (χ1v) is 9.58. The third-order valence-corrected chi connectivity index (χ3v) is 6.19. The van der Waals surface area contributed by atoms with Gasteiger partial charge in [-0.1, -0.05) is 6.07 Å². The van der Waals surface area contributed by atoms with E-state index in [4.69, 9.17) is 9.47 Å². The second-order valence-corrected chi connectivity index (χ2v) is 7.87. The summed E-state index contributed by atoms with van der Waals surface area (Å²) in [5.41, 5.74) is 0.563. The fourth-order valence-electron chi connectivity index (χ4n) is 3.62. The van der Waals surface area contributed by atoms with Crippen LogP contribution in [0.3, 0.4) is 0 Å². The minimum atomic E-state index is -0.320.